The molecule has 3 heterocycles. The highest BCUT2D eigenvalue weighted by atomic mass is 16.4. The third-order valence-electron chi connectivity index (χ3n) is 9.71. The number of hydrogen-bond donors (Lipinski definition) is 2. The molecule has 0 spiro atoms. The molecule has 44 heavy (non-hydrogen) atoms. The van der Waals surface area contributed by atoms with Gasteiger partial charge in [0.05, 0.1) is 23.6 Å². The van der Waals surface area contributed by atoms with E-state index in [4.69, 9.17) is 4.98 Å². The van der Waals surface area contributed by atoms with Gasteiger partial charge in [-0.05, 0) is 112 Å². The van der Waals surface area contributed by atoms with Gasteiger partial charge in [0.1, 0.15) is 5.56 Å². The highest BCUT2D eigenvalue weighted by Crippen LogP contribution is 2.42. The Hall–Kier alpha value is -4.46. The normalized spacial score (nSPS) is 18.3. The van der Waals surface area contributed by atoms with E-state index in [1.54, 1.807) is 11.6 Å². The van der Waals surface area contributed by atoms with E-state index in [9.17, 15) is 14.7 Å². The number of hydrogen-bond acceptors (Lipinski definition) is 5. The lowest BCUT2D eigenvalue weighted by atomic mass is 9.88. The minimum Gasteiger partial charge on any atom is -0.478 e. The fourth-order valence-electron chi connectivity index (χ4n) is 7.15. The number of rotatable bonds is 7. The van der Waals surface area contributed by atoms with Crippen LogP contribution in [0.4, 0.5) is 5.69 Å². The summed E-state index contributed by atoms with van der Waals surface area (Å²) in [6.07, 6.45) is 7.58. The third kappa shape index (κ3) is 5.27. The molecular formula is C36H39N5O3. The van der Waals surface area contributed by atoms with Crippen molar-refractivity contribution in [1.29, 1.82) is 0 Å². The molecule has 1 aliphatic heterocycles. The van der Waals surface area contributed by atoms with Crippen LogP contribution in [0.1, 0.15) is 87.9 Å². The SMILES string of the molecule is Cc1cc2c(c(-c3cccc(-n4ncc(C(=O)O)c4C)n3)c1)C(Nc1ccc(C3CCN(C(=O)C4CC4)CC3)cc1C)CC2. The van der Waals surface area contributed by atoms with Crippen molar-refractivity contribution in [2.75, 3.05) is 18.4 Å². The molecule has 0 radical (unpaired) electrons. The fourth-order valence-corrected chi connectivity index (χ4v) is 7.15. The molecule has 4 aromatic rings. The number of aromatic carboxylic acids is 1. The fraction of sp³-hybridized carbons (Fsp3) is 0.389. The highest BCUT2D eigenvalue weighted by molar-refractivity contribution is 5.88. The van der Waals surface area contributed by atoms with Crippen LogP contribution in [0.15, 0.2) is 54.7 Å². The summed E-state index contributed by atoms with van der Waals surface area (Å²) in [7, 11) is 0. The zero-order valence-electron chi connectivity index (χ0n) is 25.6. The number of carboxylic acid groups (broad SMARTS) is 1. The average Bonchev–Trinajstić information content (AvgIpc) is 3.69. The van der Waals surface area contributed by atoms with Crippen LogP contribution in [0.3, 0.4) is 0 Å². The van der Waals surface area contributed by atoms with Gasteiger partial charge < -0.3 is 15.3 Å². The summed E-state index contributed by atoms with van der Waals surface area (Å²) in [5.41, 5.74) is 10.2. The Bertz CT molecular complexity index is 1760. The molecule has 226 valence electrons. The molecular weight excluding hydrogens is 550 g/mol. The van der Waals surface area contributed by atoms with E-state index < -0.39 is 5.97 Å². The second kappa shape index (κ2) is 11.2. The second-order valence-electron chi connectivity index (χ2n) is 12.8. The van der Waals surface area contributed by atoms with Gasteiger partial charge in [0.2, 0.25) is 5.91 Å². The van der Waals surface area contributed by atoms with E-state index in [2.05, 4.69) is 59.5 Å². The molecule has 2 fully saturated rings. The number of aryl methyl sites for hydroxylation is 3. The quantitative estimate of drug-likeness (QED) is 0.247. The lowest BCUT2D eigenvalue weighted by Crippen LogP contribution is -2.38. The lowest BCUT2D eigenvalue weighted by Gasteiger charge is -2.32. The zero-order chi connectivity index (χ0) is 30.5. The van der Waals surface area contributed by atoms with Crippen LogP contribution in [0.25, 0.3) is 17.1 Å². The number of carboxylic acids is 1. The predicted molar refractivity (Wildman–Crippen MR) is 170 cm³/mol. The number of carbonyl (C=O) groups is 2. The number of likely N-dealkylation sites (tertiary alicyclic amines) is 1. The molecule has 2 N–H and O–H groups in total. The Morgan fingerprint density at radius 3 is 2.45 bits per heavy atom. The van der Waals surface area contributed by atoms with Gasteiger partial charge in [-0.15, -0.1) is 0 Å². The van der Waals surface area contributed by atoms with Crippen molar-refractivity contribution in [3.63, 3.8) is 0 Å². The maximum atomic E-state index is 12.5. The summed E-state index contributed by atoms with van der Waals surface area (Å²) in [4.78, 5) is 31.1. The lowest BCUT2D eigenvalue weighted by molar-refractivity contribution is -0.133. The maximum absolute atomic E-state index is 12.5. The molecule has 1 amide bonds. The summed E-state index contributed by atoms with van der Waals surface area (Å²) in [6, 6.07) is 17.3. The Balaban J connectivity index is 1.13. The van der Waals surface area contributed by atoms with E-state index in [0.29, 0.717) is 29.3 Å². The number of nitrogens with one attached hydrogen (secondary N) is 1. The number of carbonyl (C=O) groups excluding carboxylic acids is 1. The van der Waals surface area contributed by atoms with Crippen LogP contribution in [-0.4, -0.2) is 49.7 Å². The molecule has 2 aromatic heterocycles. The number of amides is 1. The first kappa shape index (κ1) is 28.3. The molecule has 2 aliphatic carbocycles. The van der Waals surface area contributed by atoms with Crippen molar-refractivity contribution < 1.29 is 14.7 Å². The third-order valence-corrected chi connectivity index (χ3v) is 9.71. The van der Waals surface area contributed by atoms with Gasteiger partial charge in [0.25, 0.3) is 0 Å². The van der Waals surface area contributed by atoms with Crippen LogP contribution >= 0.6 is 0 Å². The van der Waals surface area contributed by atoms with Crippen LogP contribution < -0.4 is 5.32 Å². The summed E-state index contributed by atoms with van der Waals surface area (Å²) < 4.78 is 1.60. The van der Waals surface area contributed by atoms with Crippen LogP contribution in [0.5, 0.6) is 0 Å². The zero-order valence-corrected chi connectivity index (χ0v) is 25.6. The van der Waals surface area contributed by atoms with Gasteiger partial charge in [-0.3, -0.25) is 4.79 Å². The molecule has 2 aromatic carbocycles. The number of pyridine rings is 1. The number of anilines is 1. The van der Waals surface area contributed by atoms with Crippen molar-refractivity contribution >= 4 is 17.6 Å². The smallest absolute Gasteiger partial charge is 0.339 e. The molecule has 0 bridgehead atoms. The summed E-state index contributed by atoms with van der Waals surface area (Å²) in [5, 5.41) is 17.7. The Morgan fingerprint density at radius 1 is 0.955 bits per heavy atom. The monoisotopic (exact) mass is 589 g/mol. The molecule has 1 saturated heterocycles. The molecule has 8 nitrogen and oxygen atoms in total. The standard InChI is InChI=1S/C36H39N5O3/c1-21-17-27-10-12-32(34(27)28(18-21)31-5-4-6-33(39-31)41-23(3)29(20-37-41)36(43)44)38-30-11-9-26(19-22(30)2)24-13-15-40(16-14-24)35(42)25-7-8-25/h4-6,9,11,17-20,24-25,32,38H,7-8,10,12-16H2,1-3H3,(H,43,44). The van der Waals surface area contributed by atoms with E-state index in [-0.39, 0.29) is 11.6 Å². The number of benzene rings is 2. The number of piperidine rings is 1. The Labute approximate surface area is 258 Å². The first-order valence-electron chi connectivity index (χ1n) is 15.8. The predicted octanol–water partition coefficient (Wildman–Crippen LogP) is 6.77. The van der Waals surface area contributed by atoms with Crippen LogP contribution in [-0.2, 0) is 11.2 Å². The highest BCUT2D eigenvalue weighted by Gasteiger charge is 2.35. The van der Waals surface area contributed by atoms with Gasteiger partial charge in [-0.25, -0.2) is 14.5 Å². The number of aromatic nitrogens is 3. The van der Waals surface area contributed by atoms with Gasteiger partial charge in [0, 0.05) is 30.3 Å². The van der Waals surface area contributed by atoms with Crippen LogP contribution in [0.2, 0.25) is 0 Å². The minimum atomic E-state index is -0.996. The van der Waals surface area contributed by atoms with E-state index in [0.717, 1.165) is 68.6 Å². The topological polar surface area (TPSA) is 100 Å². The molecule has 7 rings (SSSR count). The molecule has 8 heteroatoms. The summed E-state index contributed by atoms with van der Waals surface area (Å²) in [6.45, 7) is 7.81. The van der Waals surface area contributed by atoms with E-state index >= 15 is 0 Å². The van der Waals surface area contributed by atoms with Gasteiger partial charge in [-0.1, -0.05) is 29.8 Å². The molecule has 1 unspecified atom stereocenters. The van der Waals surface area contributed by atoms with E-state index in [1.165, 1.54) is 34.0 Å². The molecule has 3 aliphatic rings. The summed E-state index contributed by atoms with van der Waals surface area (Å²) >= 11 is 0. The molecule has 1 atom stereocenters. The van der Waals surface area contributed by atoms with Gasteiger partial charge in [0.15, 0.2) is 5.82 Å². The largest absolute Gasteiger partial charge is 0.478 e. The van der Waals surface area contributed by atoms with Crippen molar-refractivity contribution in [2.45, 2.75) is 71.3 Å². The number of fused-ring (bicyclic) bond motifs is 1. The van der Waals surface area contributed by atoms with E-state index in [1.807, 2.05) is 18.2 Å². The average molecular weight is 590 g/mol. The molecule has 1 saturated carbocycles. The first-order chi connectivity index (χ1) is 21.3. The minimum absolute atomic E-state index is 0.150. The summed E-state index contributed by atoms with van der Waals surface area (Å²) in [5.74, 6) is 0.771. The van der Waals surface area contributed by atoms with Crippen LogP contribution in [0, 0.1) is 26.7 Å². The first-order valence-corrected chi connectivity index (χ1v) is 15.8. The van der Waals surface area contributed by atoms with Gasteiger partial charge in [-0.2, -0.15) is 5.10 Å². The van der Waals surface area contributed by atoms with Crippen molar-refractivity contribution in [3.05, 3.63) is 93.8 Å². The van der Waals surface area contributed by atoms with Crippen molar-refractivity contribution in [2.24, 2.45) is 5.92 Å². The van der Waals surface area contributed by atoms with Gasteiger partial charge >= 0.3 is 5.97 Å². The Kier molecular flexibility index (Phi) is 7.23. The Morgan fingerprint density at radius 2 is 1.75 bits per heavy atom. The van der Waals surface area contributed by atoms with Crippen molar-refractivity contribution in [1.82, 2.24) is 19.7 Å². The maximum Gasteiger partial charge on any atom is 0.339 e. The number of nitrogens with zero attached hydrogens (tertiary/aromatic N) is 4. The van der Waals surface area contributed by atoms with Crippen molar-refractivity contribution in [3.8, 4) is 17.1 Å². The second-order valence-corrected chi connectivity index (χ2v) is 12.8.